The van der Waals surface area contributed by atoms with Crippen LogP contribution in [0.4, 0.5) is 0 Å². The van der Waals surface area contributed by atoms with Gasteiger partial charge in [0.25, 0.3) is 0 Å². The van der Waals surface area contributed by atoms with Crippen molar-refractivity contribution in [2.75, 3.05) is 32.8 Å². The fourth-order valence-corrected chi connectivity index (χ4v) is 5.33. The Hall–Kier alpha value is -2.19. The van der Waals surface area contributed by atoms with Crippen molar-refractivity contribution in [2.45, 2.75) is 56.8 Å². The molecule has 0 aliphatic carbocycles. The van der Waals surface area contributed by atoms with Crippen LogP contribution >= 0.6 is 0 Å². The molecular weight excluding hydrogens is 400 g/mol. The Morgan fingerprint density at radius 2 is 2.00 bits per heavy atom. The van der Waals surface area contributed by atoms with Gasteiger partial charge in [0.2, 0.25) is 11.8 Å². The molecule has 4 heterocycles. The van der Waals surface area contributed by atoms with Gasteiger partial charge in [0.15, 0.2) is 0 Å². The lowest BCUT2D eigenvalue weighted by atomic mass is 9.78. The average Bonchev–Trinajstić information content (AvgIpc) is 3.16. The number of unbranched alkanes of at least 4 members (excludes halogenated alkanes) is 1. The number of aliphatic hydroxyl groups excluding tert-OH is 1. The summed E-state index contributed by atoms with van der Waals surface area (Å²) < 4.78 is 11.9. The van der Waals surface area contributed by atoms with Gasteiger partial charge >= 0.3 is 5.97 Å². The van der Waals surface area contributed by atoms with Crippen LogP contribution in [0.15, 0.2) is 24.3 Å². The molecule has 8 heteroatoms. The molecular formula is C23H32N2O6. The molecule has 0 saturated carbocycles. The SMILES string of the molecule is CCCCN1CC=C[C@]23O[C@H]4/C=C\CCCOC(=O)[C@H]4[C@H]2C(=O)N(CCCO)C3C1=O. The highest BCUT2D eigenvalue weighted by Crippen LogP contribution is 2.53. The van der Waals surface area contributed by atoms with Gasteiger partial charge in [0.1, 0.15) is 17.6 Å². The third kappa shape index (κ3) is 3.69. The van der Waals surface area contributed by atoms with E-state index in [1.54, 1.807) is 4.90 Å². The fourth-order valence-electron chi connectivity index (χ4n) is 5.33. The Labute approximate surface area is 182 Å². The number of carbonyl (C=O) groups is 3. The van der Waals surface area contributed by atoms with Crippen LogP contribution in [-0.4, -0.2) is 83.3 Å². The van der Waals surface area contributed by atoms with Crippen molar-refractivity contribution in [1.82, 2.24) is 9.80 Å². The Morgan fingerprint density at radius 3 is 2.77 bits per heavy atom. The Kier molecular flexibility index (Phi) is 6.48. The highest BCUT2D eigenvalue weighted by atomic mass is 16.6. The number of cyclic esters (lactones) is 1. The predicted molar refractivity (Wildman–Crippen MR) is 112 cm³/mol. The lowest BCUT2D eigenvalue weighted by molar-refractivity contribution is -0.154. The summed E-state index contributed by atoms with van der Waals surface area (Å²) in [5.41, 5.74) is -1.21. The largest absolute Gasteiger partial charge is 0.465 e. The Balaban J connectivity index is 1.77. The maximum absolute atomic E-state index is 13.7. The summed E-state index contributed by atoms with van der Waals surface area (Å²) in [6.07, 6.45) is 10.6. The van der Waals surface area contributed by atoms with Crippen molar-refractivity contribution in [2.24, 2.45) is 11.8 Å². The first kappa shape index (κ1) is 22.0. The van der Waals surface area contributed by atoms with E-state index < -0.39 is 35.6 Å². The van der Waals surface area contributed by atoms with Crippen LogP contribution in [-0.2, 0) is 23.9 Å². The highest BCUT2D eigenvalue weighted by molar-refractivity contribution is 5.99. The summed E-state index contributed by atoms with van der Waals surface area (Å²) in [6.45, 7) is 3.58. The zero-order chi connectivity index (χ0) is 22.0. The monoisotopic (exact) mass is 432 g/mol. The molecule has 4 aliphatic heterocycles. The van der Waals surface area contributed by atoms with Crippen molar-refractivity contribution < 1.29 is 29.0 Å². The molecule has 8 nitrogen and oxygen atoms in total. The highest BCUT2D eigenvalue weighted by Gasteiger charge is 2.71. The van der Waals surface area contributed by atoms with Gasteiger partial charge in [-0.15, -0.1) is 0 Å². The molecule has 4 rings (SSSR count). The van der Waals surface area contributed by atoms with Crippen molar-refractivity contribution in [3.63, 3.8) is 0 Å². The second kappa shape index (κ2) is 9.12. The van der Waals surface area contributed by atoms with Crippen molar-refractivity contribution in [3.8, 4) is 0 Å². The van der Waals surface area contributed by atoms with Crippen LogP contribution in [0, 0.1) is 11.8 Å². The molecule has 0 aromatic carbocycles. The van der Waals surface area contributed by atoms with E-state index in [1.807, 2.05) is 24.3 Å². The predicted octanol–water partition coefficient (Wildman–Crippen LogP) is 1.04. The quantitative estimate of drug-likeness (QED) is 0.498. The molecule has 0 aromatic heterocycles. The van der Waals surface area contributed by atoms with Crippen molar-refractivity contribution >= 4 is 17.8 Å². The standard InChI is InChI=1S/C23H32N2O6/c1-2-3-11-24-12-7-10-23-18(20(27)25(13-8-14-26)19(23)21(24)28)17-16(31-23)9-5-4-6-15-30-22(17)29/h5,7,9-10,16-19,26H,2-4,6,8,11-15H2,1H3/b9-5-/t16-,17+,18-,19?,23-/m0/s1. The molecule has 1 unspecified atom stereocenters. The number of hydrogen-bond acceptors (Lipinski definition) is 6. The lowest BCUT2D eigenvalue weighted by Crippen LogP contribution is -2.55. The Bertz CT molecular complexity index is 780. The van der Waals surface area contributed by atoms with Crippen LogP contribution in [0.5, 0.6) is 0 Å². The second-order valence-corrected chi connectivity index (χ2v) is 8.73. The van der Waals surface area contributed by atoms with E-state index in [4.69, 9.17) is 9.47 Å². The molecule has 31 heavy (non-hydrogen) atoms. The minimum Gasteiger partial charge on any atom is -0.465 e. The number of fused-ring (bicyclic) bond motifs is 2. The first-order valence-electron chi connectivity index (χ1n) is 11.4. The number of ether oxygens (including phenoxy) is 2. The number of amides is 2. The van der Waals surface area contributed by atoms with E-state index in [0.29, 0.717) is 26.1 Å². The first-order valence-corrected chi connectivity index (χ1v) is 11.4. The van der Waals surface area contributed by atoms with Gasteiger partial charge in [-0.05, 0) is 25.7 Å². The summed E-state index contributed by atoms with van der Waals surface area (Å²) in [4.78, 5) is 43.6. The number of hydrogen-bond donors (Lipinski definition) is 1. The summed E-state index contributed by atoms with van der Waals surface area (Å²) in [7, 11) is 0. The number of carbonyl (C=O) groups excluding carboxylic acids is 3. The van der Waals surface area contributed by atoms with Gasteiger partial charge in [-0.1, -0.05) is 37.6 Å². The lowest BCUT2D eigenvalue weighted by Gasteiger charge is -2.35. The first-order chi connectivity index (χ1) is 15.0. The number of allylic oxidation sites excluding steroid dienone is 1. The summed E-state index contributed by atoms with van der Waals surface area (Å²) >= 11 is 0. The van der Waals surface area contributed by atoms with E-state index in [-0.39, 0.29) is 25.0 Å². The minimum absolute atomic E-state index is 0.0879. The number of nitrogens with zero attached hydrogens (tertiary/aromatic N) is 2. The van der Waals surface area contributed by atoms with Gasteiger partial charge in [-0.25, -0.2) is 0 Å². The smallest absolute Gasteiger partial charge is 0.312 e. The maximum atomic E-state index is 13.7. The molecule has 2 saturated heterocycles. The number of esters is 1. The molecule has 2 amide bonds. The summed E-state index contributed by atoms with van der Waals surface area (Å²) in [6, 6.07) is -0.844. The van der Waals surface area contributed by atoms with E-state index in [2.05, 4.69) is 6.92 Å². The van der Waals surface area contributed by atoms with Gasteiger partial charge < -0.3 is 24.4 Å². The molecule has 0 radical (unpaired) electrons. The van der Waals surface area contributed by atoms with Gasteiger partial charge in [0, 0.05) is 26.2 Å². The van der Waals surface area contributed by atoms with Crippen LogP contribution in [0.2, 0.25) is 0 Å². The van der Waals surface area contributed by atoms with Gasteiger partial charge in [-0.3, -0.25) is 14.4 Å². The van der Waals surface area contributed by atoms with E-state index >= 15 is 0 Å². The van der Waals surface area contributed by atoms with E-state index in [1.165, 1.54) is 4.90 Å². The molecule has 5 atom stereocenters. The third-order valence-electron chi connectivity index (χ3n) is 6.77. The maximum Gasteiger partial charge on any atom is 0.312 e. The Morgan fingerprint density at radius 1 is 1.16 bits per heavy atom. The zero-order valence-corrected chi connectivity index (χ0v) is 18.1. The summed E-state index contributed by atoms with van der Waals surface area (Å²) in [5, 5.41) is 9.37. The van der Waals surface area contributed by atoms with E-state index in [0.717, 1.165) is 25.7 Å². The molecule has 0 aromatic rings. The minimum atomic E-state index is -1.21. The van der Waals surface area contributed by atoms with Crippen LogP contribution in [0.25, 0.3) is 0 Å². The number of likely N-dealkylation sites (tertiary alicyclic amines) is 1. The summed E-state index contributed by atoms with van der Waals surface area (Å²) in [5.74, 6) is -2.48. The number of aliphatic hydroxyl groups is 1. The van der Waals surface area contributed by atoms with Crippen LogP contribution in [0.1, 0.15) is 39.0 Å². The molecule has 170 valence electrons. The second-order valence-electron chi connectivity index (χ2n) is 8.73. The molecule has 0 bridgehead atoms. The molecule has 4 aliphatic rings. The topological polar surface area (TPSA) is 96.4 Å². The molecule has 1 N–H and O–H groups in total. The van der Waals surface area contributed by atoms with Crippen LogP contribution < -0.4 is 0 Å². The third-order valence-corrected chi connectivity index (χ3v) is 6.77. The normalized spacial score (nSPS) is 36.1. The fraction of sp³-hybridized carbons (Fsp3) is 0.696. The average molecular weight is 433 g/mol. The number of rotatable bonds is 6. The van der Waals surface area contributed by atoms with E-state index in [9.17, 15) is 19.5 Å². The van der Waals surface area contributed by atoms with Crippen molar-refractivity contribution in [1.29, 1.82) is 0 Å². The molecule has 1 spiro atoms. The zero-order valence-electron chi connectivity index (χ0n) is 18.1. The van der Waals surface area contributed by atoms with Gasteiger partial charge in [-0.2, -0.15) is 0 Å². The molecule has 2 fully saturated rings. The van der Waals surface area contributed by atoms with Gasteiger partial charge in [0.05, 0.1) is 18.6 Å². The van der Waals surface area contributed by atoms with Crippen LogP contribution in [0.3, 0.4) is 0 Å². The van der Waals surface area contributed by atoms with Crippen molar-refractivity contribution in [3.05, 3.63) is 24.3 Å².